The molecule has 0 radical (unpaired) electrons. The molecule has 1 heterocycles. The third-order valence-electron chi connectivity index (χ3n) is 2.39. The molecule has 0 bridgehead atoms. The molecule has 0 fully saturated rings. The summed E-state index contributed by atoms with van der Waals surface area (Å²) >= 11 is 9.09. The SMILES string of the molecule is O=C(NCc1cccc(Br)c1)c1cc(F)cnc1Cl. The Morgan fingerprint density at radius 3 is 2.95 bits per heavy atom. The summed E-state index contributed by atoms with van der Waals surface area (Å²) in [4.78, 5) is 15.5. The molecule has 0 saturated carbocycles. The van der Waals surface area contributed by atoms with Gasteiger partial charge < -0.3 is 5.32 Å². The van der Waals surface area contributed by atoms with Gasteiger partial charge in [-0.05, 0) is 23.8 Å². The maximum absolute atomic E-state index is 13.0. The summed E-state index contributed by atoms with van der Waals surface area (Å²) in [6.07, 6.45) is 0.966. The Bertz CT molecular complexity index is 621. The zero-order chi connectivity index (χ0) is 13.8. The predicted molar refractivity (Wildman–Crippen MR) is 74.5 cm³/mol. The Hall–Kier alpha value is -1.46. The molecule has 1 aromatic carbocycles. The number of nitrogens with zero attached hydrogens (tertiary/aromatic N) is 1. The molecule has 1 aromatic heterocycles. The topological polar surface area (TPSA) is 42.0 Å². The van der Waals surface area contributed by atoms with E-state index >= 15 is 0 Å². The van der Waals surface area contributed by atoms with Crippen LogP contribution in [0.4, 0.5) is 4.39 Å². The highest BCUT2D eigenvalue weighted by atomic mass is 79.9. The minimum Gasteiger partial charge on any atom is -0.348 e. The van der Waals surface area contributed by atoms with Crippen LogP contribution in [0.1, 0.15) is 15.9 Å². The molecule has 2 aromatic rings. The molecule has 2 rings (SSSR count). The number of hydrogen-bond acceptors (Lipinski definition) is 2. The van der Waals surface area contributed by atoms with E-state index in [-0.39, 0.29) is 10.7 Å². The van der Waals surface area contributed by atoms with E-state index in [2.05, 4.69) is 26.2 Å². The molecular formula is C13H9BrClFN2O. The number of hydrogen-bond donors (Lipinski definition) is 1. The van der Waals surface area contributed by atoms with Gasteiger partial charge in [0.15, 0.2) is 0 Å². The number of pyridine rings is 1. The van der Waals surface area contributed by atoms with E-state index in [0.717, 1.165) is 22.3 Å². The summed E-state index contributed by atoms with van der Waals surface area (Å²) in [5.41, 5.74) is 0.944. The third-order valence-corrected chi connectivity index (χ3v) is 3.19. The highest BCUT2D eigenvalue weighted by Crippen LogP contribution is 2.14. The molecule has 6 heteroatoms. The van der Waals surface area contributed by atoms with Crippen molar-refractivity contribution in [3.63, 3.8) is 0 Å². The van der Waals surface area contributed by atoms with Crippen molar-refractivity contribution >= 4 is 33.4 Å². The maximum atomic E-state index is 13.0. The first-order valence-corrected chi connectivity index (χ1v) is 6.57. The van der Waals surface area contributed by atoms with Crippen molar-refractivity contribution in [3.8, 4) is 0 Å². The molecular weight excluding hydrogens is 335 g/mol. The van der Waals surface area contributed by atoms with Gasteiger partial charge in [-0.3, -0.25) is 4.79 Å². The van der Waals surface area contributed by atoms with Gasteiger partial charge in [-0.15, -0.1) is 0 Å². The van der Waals surface area contributed by atoms with Gasteiger partial charge in [0.2, 0.25) is 0 Å². The van der Waals surface area contributed by atoms with Gasteiger partial charge >= 0.3 is 0 Å². The number of rotatable bonds is 3. The van der Waals surface area contributed by atoms with Crippen molar-refractivity contribution in [1.82, 2.24) is 10.3 Å². The minimum atomic E-state index is -0.600. The second-order valence-electron chi connectivity index (χ2n) is 3.80. The van der Waals surface area contributed by atoms with Crippen molar-refractivity contribution in [2.45, 2.75) is 6.54 Å². The fourth-order valence-electron chi connectivity index (χ4n) is 1.51. The number of carbonyl (C=O) groups is 1. The average Bonchev–Trinajstić information content (AvgIpc) is 2.39. The van der Waals surface area contributed by atoms with Crippen LogP contribution in [-0.4, -0.2) is 10.9 Å². The second kappa shape index (κ2) is 6.12. The summed E-state index contributed by atoms with van der Waals surface area (Å²) in [6, 6.07) is 8.56. The minimum absolute atomic E-state index is 0.0202. The molecule has 1 amide bonds. The number of amides is 1. The molecule has 1 N–H and O–H groups in total. The maximum Gasteiger partial charge on any atom is 0.254 e. The Morgan fingerprint density at radius 1 is 1.42 bits per heavy atom. The Kier molecular flexibility index (Phi) is 4.50. The lowest BCUT2D eigenvalue weighted by Gasteiger charge is -2.07. The molecule has 0 aliphatic rings. The molecule has 0 spiro atoms. The van der Waals surface area contributed by atoms with Crippen LogP contribution in [0.5, 0.6) is 0 Å². The van der Waals surface area contributed by atoms with E-state index in [1.54, 1.807) is 0 Å². The molecule has 0 saturated heterocycles. The lowest BCUT2D eigenvalue weighted by atomic mass is 10.2. The summed E-state index contributed by atoms with van der Waals surface area (Å²) in [5, 5.41) is 2.64. The smallest absolute Gasteiger partial charge is 0.254 e. The average molecular weight is 344 g/mol. The molecule has 0 unspecified atom stereocenters. The molecule has 98 valence electrons. The van der Waals surface area contributed by atoms with E-state index < -0.39 is 11.7 Å². The lowest BCUT2D eigenvalue weighted by Crippen LogP contribution is -2.23. The summed E-state index contributed by atoms with van der Waals surface area (Å²) < 4.78 is 13.9. The van der Waals surface area contributed by atoms with Crippen LogP contribution in [0.3, 0.4) is 0 Å². The zero-order valence-corrected chi connectivity index (χ0v) is 12.0. The van der Waals surface area contributed by atoms with Crippen LogP contribution in [0.2, 0.25) is 5.15 Å². The van der Waals surface area contributed by atoms with Crippen LogP contribution in [-0.2, 0) is 6.54 Å². The van der Waals surface area contributed by atoms with E-state index in [4.69, 9.17) is 11.6 Å². The van der Waals surface area contributed by atoms with Crippen molar-refractivity contribution in [1.29, 1.82) is 0 Å². The Morgan fingerprint density at radius 2 is 2.21 bits per heavy atom. The van der Waals surface area contributed by atoms with Gasteiger partial charge in [0, 0.05) is 11.0 Å². The molecule has 19 heavy (non-hydrogen) atoms. The van der Waals surface area contributed by atoms with Crippen LogP contribution < -0.4 is 5.32 Å². The van der Waals surface area contributed by atoms with Gasteiger partial charge in [-0.1, -0.05) is 39.7 Å². The molecule has 3 nitrogen and oxygen atoms in total. The van der Waals surface area contributed by atoms with Crippen molar-refractivity contribution in [2.24, 2.45) is 0 Å². The van der Waals surface area contributed by atoms with Gasteiger partial charge in [-0.25, -0.2) is 9.37 Å². The van der Waals surface area contributed by atoms with Crippen LogP contribution >= 0.6 is 27.5 Å². The van der Waals surface area contributed by atoms with E-state index in [9.17, 15) is 9.18 Å². The van der Waals surface area contributed by atoms with Gasteiger partial charge in [-0.2, -0.15) is 0 Å². The second-order valence-corrected chi connectivity index (χ2v) is 5.08. The number of carbonyl (C=O) groups excluding carboxylic acids is 1. The van der Waals surface area contributed by atoms with Gasteiger partial charge in [0.1, 0.15) is 11.0 Å². The van der Waals surface area contributed by atoms with Crippen molar-refractivity contribution in [3.05, 3.63) is 63.1 Å². The summed E-state index contributed by atoms with van der Waals surface area (Å²) in [5.74, 6) is -1.06. The standard InChI is InChI=1S/C13H9BrClFN2O/c14-9-3-1-2-8(4-9)6-18-13(19)11-5-10(16)7-17-12(11)15/h1-5,7H,6H2,(H,18,19). The number of nitrogens with one attached hydrogen (secondary N) is 1. The number of aromatic nitrogens is 1. The van der Waals surface area contributed by atoms with Gasteiger partial charge in [0.05, 0.1) is 11.8 Å². The summed E-state index contributed by atoms with van der Waals surface area (Å²) in [6.45, 7) is 0.325. The van der Waals surface area contributed by atoms with Crippen LogP contribution in [0, 0.1) is 5.82 Å². The van der Waals surface area contributed by atoms with E-state index in [0.29, 0.717) is 6.54 Å². The molecule has 0 atom stereocenters. The highest BCUT2D eigenvalue weighted by Gasteiger charge is 2.12. The first-order chi connectivity index (χ1) is 9.06. The number of halogens is 3. The normalized spacial score (nSPS) is 10.3. The fourth-order valence-corrected chi connectivity index (χ4v) is 2.14. The molecule has 0 aliphatic heterocycles. The highest BCUT2D eigenvalue weighted by molar-refractivity contribution is 9.10. The lowest BCUT2D eigenvalue weighted by molar-refractivity contribution is 0.0950. The van der Waals surface area contributed by atoms with Crippen LogP contribution in [0.25, 0.3) is 0 Å². The Balaban J connectivity index is 2.07. The van der Waals surface area contributed by atoms with E-state index in [1.807, 2.05) is 24.3 Å². The largest absolute Gasteiger partial charge is 0.348 e. The van der Waals surface area contributed by atoms with Gasteiger partial charge in [0.25, 0.3) is 5.91 Å². The quantitative estimate of drug-likeness (QED) is 0.866. The molecule has 0 aliphatic carbocycles. The van der Waals surface area contributed by atoms with E-state index in [1.165, 1.54) is 0 Å². The third kappa shape index (κ3) is 3.75. The van der Waals surface area contributed by atoms with Crippen molar-refractivity contribution < 1.29 is 9.18 Å². The van der Waals surface area contributed by atoms with Crippen LogP contribution in [0.15, 0.2) is 41.0 Å². The van der Waals surface area contributed by atoms with Crippen molar-refractivity contribution in [2.75, 3.05) is 0 Å². The summed E-state index contributed by atoms with van der Waals surface area (Å²) in [7, 11) is 0. The zero-order valence-electron chi connectivity index (χ0n) is 9.66. The predicted octanol–water partition coefficient (Wildman–Crippen LogP) is 3.57. The Labute approximate surface area is 122 Å². The monoisotopic (exact) mass is 342 g/mol. The first kappa shape index (κ1) is 14.0. The fraction of sp³-hybridized carbons (Fsp3) is 0.0769. The number of benzene rings is 1. The first-order valence-electron chi connectivity index (χ1n) is 5.40.